The van der Waals surface area contributed by atoms with Gasteiger partial charge in [0.15, 0.2) is 0 Å². The van der Waals surface area contributed by atoms with Crippen LogP contribution in [-0.2, 0) is 4.79 Å². The van der Waals surface area contributed by atoms with Gasteiger partial charge in [-0.15, -0.1) is 0 Å². The van der Waals surface area contributed by atoms with E-state index >= 15 is 0 Å². The third-order valence-electron chi connectivity index (χ3n) is 4.85. The molecule has 28 heavy (non-hydrogen) atoms. The van der Waals surface area contributed by atoms with E-state index in [1.165, 1.54) is 11.8 Å². The average Bonchev–Trinajstić information content (AvgIpc) is 2.67. The first-order valence-electron chi connectivity index (χ1n) is 9.16. The van der Waals surface area contributed by atoms with Crippen LogP contribution in [0.4, 0.5) is 5.69 Å². The summed E-state index contributed by atoms with van der Waals surface area (Å²) in [5.74, 6) is 0.676. The van der Waals surface area contributed by atoms with Gasteiger partial charge >= 0.3 is 11.3 Å². The molecule has 1 unspecified atom stereocenters. The smallest absolute Gasteiger partial charge is 0.291 e. The number of nitrogens with zero attached hydrogens (tertiary/aromatic N) is 3. The highest BCUT2D eigenvalue weighted by Crippen LogP contribution is 2.37. The number of anilines is 1. The molecular weight excluding hydrogens is 372 g/mol. The van der Waals surface area contributed by atoms with E-state index in [-0.39, 0.29) is 11.5 Å². The van der Waals surface area contributed by atoms with E-state index in [0.29, 0.717) is 22.1 Å². The molecular formula is C21H21N4O2S+. The van der Waals surface area contributed by atoms with Crippen molar-refractivity contribution >= 4 is 23.4 Å². The van der Waals surface area contributed by atoms with Gasteiger partial charge in [-0.2, -0.15) is 0 Å². The van der Waals surface area contributed by atoms with Crippen LogP contribution in [0, 0.1) is 6.92 Å². The molecule has 7 heteroatoms. The fourth-order valence-electron chi connectivity index (χ4n) is 3.67. The second kappa shape index (κ2) is 7.24. The summed E-state index contributed by atoms with van der Waals surface area (Å²) in [5, 5.41) is 5.26. The van der Waals surface area contributed by atoms with E-state index in [2.05, 4.69) is 4.98 Å². The summed E-state index contributed by atoms with van der Waals surface area (Å²) in [6, 6.07) is 15.4. The quantitative estimate of drug-likeness (QED) is 0.548. The van der Waals surface area contributed by atoms with Crippen molar-refractivity contribution in [2.45, 2.75) is 32.1 Å². The Morgan fingerprint density at radius 3 is 2.64 bits per heavy atom. The van der Waals surface area contributed by atoms with Gasteiger partial charge in [0, 0.05) is 17.6 Å². The minimum Gasteiger partial charge on any atom is -0.291 e. The van der Waals surface area contributed by atoms with Crippen molar-refractivity contribution in [3.63, 3.8) is 0 Å². The van der Waals surface area contributed by atoms with Gasteiger partial charge in [0.05, 0.1) is 11.3 Å². The van der Waals surface area contributed by atoms with Crippen LogP contribution in [0.5, 0.6) is 0 Å². The van der Waals surface area contributed by atoms with Gasteiger partial charge < -0.3 is 0 Å². The van der Waals surface area contributed by atoms with Gasteiger partial charge in [0.2, 0.25) is 11.1 Å². The van der Waals surface area contributed by atoms with Crippen LogP contribution in [0.25, 0.3) is 11.3 Å². The first-order chi connectivity index (χ1) is 13.5. The van der Waals surface area contributed by atoms with Crippen molar-refractivity contribution in [3.05, 3.63) is 70.0 Å². The fraction of sp³-hybridized carbons (Fsp3) is 0.238. The molecule has 1 atom stereocenters. The van der Waals surface area contributed by atoms with Gasteiger partial charge in [0.1, 0.15) is 0 Å². The van der Waals surface area contributed by atoms with Gasteiger partial charge in [-0.1, -0.05) is 49.0 Å². The average molecular weight is 393 g/mol. The number of thioether (sulfide) groups is 1. The number of benzene rings is 2. The molecule has 3 aromatic rings. The van der Waals surface area contributed by atoms with Crippen LogP contribution in [0.15, 0.2) is 58.5 Å². The molecule has 4 rings (SSSR count). The molecule has 0 bridgehead atoms. The third-order valence-corrected chi connectivity index (χ3v) is 5.59. The normalized spacial score (nSPS) is 15.1. The lowest BCUT2D eigenvalue weighted by molar-refractivity contribution is -0.763. The molecule has 0 radical (unpaired) electrons. The number of hydrogen-bond acceptors (Lipinski definition) is 4. The number of aromatic amines is 1. The third kappa shape index (κ3) is 2.92. The molecule has 1 aromatic heterocycles. The zero-order valence-corrected chi connectivity index (χ0v) is 16.8. The molecule has 0 fully saturated rings. The molecule has 0 aliphatic carbocycles. The Hall–Kier alpha value is -2.93. The van der Waals surface area contributed by atoms with Crippen LogP contribution in [0.1, 0.15) is 31.1 Å². The molecule has 1 N–H and O–H groups in total. The number of para-hydroxylation sites is 1. The SMILES string of the molecule is CCSc1n[n+]2c(c(=O)[nH]1)-c1ccccc1N(C(C)=O)C2c1ccccc1C. The number of hydrogen-bond donors (Lipinski definition) is 1. The van der Waals surface area contributed by atoms with Gasteiger partial charge in [0.25, 0.3) is 6.17 Å². The lowest BCUT2D eigenvalue weighted by atomic mass is 9.99. The molecule has 6 nitrogen and oxygen atoms in total. The largest absolute Gasteiger partial charge is 0.325 e. The summed E-state index contributed by atoms with van der Waals surface area (Å²) >= 11 is 1.46. The minimum absolute atomic E-state index is 0.106. The number of carbonyl (C=O) groups excluding carboxylic acids is 1. The van der Waals surface area contributed by atoms with E-state index < -0.39 is 6.17 Å². The van der Waals surface area contributed by atoms with Gasteiger partial charge in [-0.05, 0) is 41.1 Å². The number of amides is 1. The highest BCUT2D eigenvalue weighted by atomic mass is 32.2. The number of aromatic nitrogens is 3. The maximum Gasteiger partial charge on any atom is 0.325 e. The summed E-state index contributed by atoms with van der Waals surface area (Å²) < 4.78 is 1.70. The maximum absolute atomic E-state index is 13.0. The van der Waals surface area contributed by atoms with Crippen molar-refractivity contribution in [2.24, 2.45) is 0 Å². The van der Waals surface area contributed by atoms with E-state index in [1.807, 2.05) is 62.4 Å². The molecule has 142 valence electrons. The van der Waals surface area contributed by atoms with E-state index in [0.717, 1.165) is 16.9 Å². The number of nitrogens with one attached hydrogen (secondary N) is 1. The Morgan fingerprint density at radius 2 is 1.93 bits per heavy atom. The van der Waals surface area contributed by atoms with Crippen molar-refractivity contribution < 1.29 is 9.48 Å². The summed E-state index contributed by atoms with van der Waals surface area (Å²) in [6.45, 7) is 5.55. The number of aryl methyl sites for hydroxylation is 1. The molecule has 0 saturated carbocycles. The van der Waals surface area contributed by atoms with Gasteiger partial charge in [-0.3, -0.25) is 14.6 Å². The monoisotopic (exact) mass is 393 g/mol. The van der Waals surface area contributed by atoms with Crippen molar-refractivity contribution in [1.29, 1.82) is 0 Å². The highest BCUT2D eigenvalue weighted by Gasteiger charge is 2.45. The molecule has 2 heterocycles. The predicted octanol–water partition coefficient (Wildman–Crippen LogP) is 3.06. The van der Waals surface area contributed by atoms with Crippen LogP contribution in [0.3, 0.4) is 0 Å². The lowest BCUT2D eigenvalue weighted by Gasteiger charge is -2.31. The van der Waals surface area contributed by atoms with E-state index in [9.17, 15) is 9.59 Å². The van der Waals surface area contributed by atoms with Crippen LogP contribution >= 0.6 is 11.8 Å². The van der Waals surface area contributed by atoms with Crippen LogP contribution < -0.4 is 15.1 Å². The molecule has 1 aliphatic rings. The topological polar surface area (TPSA) is 69.9 Å². The van der Waals surface area contributed by atoms with Crippen LogP contribution in [-0.4, -0.2) is 21.7 Å². The molecule has 0 spiro atoms. The zero-order valence-electron chi connectivity index (χ0n) is 16.0. The Balaban J connectivity index is 2.09. The number of rotatable bonds is 3. The molecule has 0 saturated heterocycles. The Morgan fingerprint density at radius 1 is 1.21 bits per heavy atom. The maximum atomic E-state index is 13.0. The highest BCUT2D eigenvalue weighted by molar-refractivity contribution is 7.99. The Kier molecular flexibility index (Phi) is 4.77. The lowest BCUT2D eigenvalue weighted by Crippen LogP contribution is -2.60. The zero-order chi connectivity index (χ0) is 19.8. The second-order valence-corrected chi connectivity index (χ2v) is 7.87. The summed E-state index contributed by atoms with van der Waals surface area (Å²) in [4.78, 5) is 30.4. The van der Waals surface area contributed by atoms with E-state index in [1.54, 1.807) is 16.5 Å². The van der Waals surface area contributed by atoms with Crippen molar-refractivity contribution in [2.75, 3.05) is 10.7 Å². The number of H-pyrrole nitrogens is 1. The Bertz CT molecular complexity index is 1130. The molecule has 1 aliphatic heterocycles. The van der Waals surface area contributed by atoms with Crippen molar-refractivity contribution in [1.82, 2.24) is 10.1 Å². The first-order valence-corrected chi connectivity index (χ1v) is 10.1. The van der Waals surface area contributed by atoms with Crippen LogP contribution in [0.2, 0.25) is 0 Å². The Labute approximate surface area is 167 Å². The fourth-order valence-corrected chi connectivity index (χ4v) is 4.26. The standard InChI is InChI=1S/C21H20N4O2S/c1-4-28-21-22-19(27)18-16-11-7-8-12-17(16)24(14(3)26)20(25(18)23-21)15-10-6-5-9-13(15)2/h5-12,20H,4H2,1-3H3/p+1. The molecule has 1 amide bonds. The predicted molar refractivity (Wildman–Crippen MR) is 109 cm³/mol. The number of fused-ring (bicyclic) bond motifs is 3. The van der Waals surface area contributed by atoms with Gasteiger partial charge in [-0.25, -0.2) is 4.90 Å². The first kappa shape index (κ1) is 18.4. The summed E-state index contributed by atoms with van der Waals surface area (Å²) in [7, 11) is 0. The summed E-state index contributed by atoms with van der Waals surface area (Å²) in [6.07, 6.45) is -0.526. The minimum atomic E-state index is -0.526. The van der Waals surface area contributed by atoms with E-state index in [4.69, 9.17) is 5.10 Å². The summed E-state index contributed by atoms with van der Waals surface area (Å²) in [5.41, 5.74) is 3.63. The molecule has 2 aromatic carbocycles. The second-order valence-electron chi connectivity index (χ2n) is 6.62. The number of carbonyl (C=O) groups is 1. The van der Waals surface area contributed by atoms with Crippen molar-refractivity contribution in [3.8, 4) is 11.3 Å².